The lowest BCUT2D eigenvalue weighted by Crippen LogP contribution is -2.04. The van der Waals surface area contributed by atoms with Gasteiger partial charge in [-0.3, -0.25) is 9.78 Å². The molecule has 0 bridgehead atoms. The van der Waals surface area contributed by atoms with Gasteiger partial charge in [0.1, 0.15) is 5.69 Å². The Morgan fingerprint density at radius 3 is 2.84 bits per heavy atom. The molecule has 3 aromatic rings. The van der Waals surface area contributed by atoms with Crippen LogP contribution in [-0.4, -0.2) is 10.8 Å². The zero-order chi connectivity index (χ0) is 13.2. The van der Waals surface area contributed by atoms with Crippen LogP contribution in [0.25, 0.3) is 10.8 Å². The lowest BCUT2D eigenvalue weighted by Gasteiger charge is -2.05. The zero-order valence-electron chi connectivity index (χ0n) is 10.6. The van der Waals surface area contributed by atoms with Crippen molar-refractivity contribution in [1.29, 1.82) is 0 Å². The molecule has 0 saturated carbocycles. The van der Waals surface area contributed by atoms with Crippen molar-refractivity contribution < 1.29 is 4.79 Å². The highest BCUT2D eigenvalue weighted by atomic mass is 16.1. The number of aryl methyl sites for hydroxylation is 1. The average molecular weight is 246 g/mol. The summed E-state index contributed by atoms with van der Waals surface area (Å²) in [5, 5.41) is 1.92. The summed E-state index contributed by atoms with van der Waals surface area (Å²) in [5.41, 5.74) is 2.15. The minimum Gasteiger partial charge on any atom is -0.287 e. The molecule has 1 radical (unpaired) electrons. The van der Waals surface area contributed by atoms with Crippen LogP contribution < -0.4 is 0 Å². The molecule has 1 heterocycles. The van der Waals surface area contributed by atoms with E-state index in [1.54, 1.807) is 18.3 Å². The predicted octanol–water partition coefficient (Wildman–Crippen LogP) is 3.57. The highest BCUT2D eigenvalue weighted by Crippen LogP contribution is 2.20. The Morgan fingerprint density at radius 1 is 1.16 bits per heavy atom. The highest BCUT2D eigenvalue weighted by Gasteiger charge is 2.13. The number of rotatable bonds is 2. The summed E-state index contributed by atoms with van der Waals surface area (Å²) in [7, 11) is 0. The first-order chi connectivity index (χ1) is 9.25. The van der Waals surface area contributed by atoms with E-state index in [-0.39, 0.29) is 5.78 Å². The van der Waals surface area contributed by atoms with Crippen LogP contribution in [-0.2, 0) is 0 Å². The van der Waals surface area contributed by atoms with Crippen LogP contribution in [0.1, 0.15) is 21.6 Å². The molecule has 0 aliphatic carbocycles. The van der Waals surface area contributed by atoms with Crippen LogP contribution in [0.15, 0.2) is 54.7 Å². The lowest BCUT2D eigenvalue weighted by atomic mass is 10.0. The number of benzene rings is 2. The Bertz CT molecular complexity index is 748. The summed E-state index contributed by atoms with van der Waals surface area (Å²) in [6, 6.07) is 18.1. The van der Waals surface area contributed by atoms with Crippen molar-refractivity contribution in [3.63, 3.8) is 0 Å². The van der Waals surface area contributed by atoms with E-state index < -0.39 is 0 Å². The molecule has 0 aliphatic heterocycles. The zero-order valence-corrected chi connectivity index (χ0v) is 10.6. The second kappa shape index (κ2) is 4.65. The normalized spacial score (nSPS) is 10.6. The van der Waals surface area contributed by atoms with Gasteiger partial charge in [0.05, 0.1) is 0 Å². The van der Waals surface area contributed by atoms with Gasteiger partial charge in [-0.25, -0.2) is 0 Å². The minimum absolute atomic E-state index is 0.0863. The van der Waals surface area contributed by atoms with Gasteiger partial charge in [-0.15, -0.1) is 0 Å². The maximum Gasteiger partial charge on any atom is 0.212 e. The molecule has 2 aromatic carbocycles. The fourth-order valence-electron chi connectivity index (χ4n) is 2.13. The van der Waals surface area contributed by atoms with Crippen molar-refractivity contribution >= 4 is 16.6 Å². The summed E-state index contributed by atoms with van der Waals surface area (Å²) in [6.45, 7) is 2.01. The standard InChI is InChI=1S/C17H12NO/c1-12-7-8-13-9-10-18-16(15(13)11-12)17(19)14-5-3-2-4-6-14/h2-5,7-11H,1H3. The Hall–Kier alpha value is -2.48. The molecule has 0 fully saturated rings. The van der Waals surface area contributed by atoms with Crippen LogP contribution in [0.5, 0.6) is 0 Å². The first-order valence-electron chi connectivity index (χ1n) is 6.12. The molecule has 0 aliphatic rings. The van der Waals surface area contributed by atoms with Crippen molar-refractivity contribution in [2.45, 2.75) is 6.92 Å². The van der Waals surface area contributed by atoms with Gasteiger partial charge >= 0.3 is 0 Å². The third-order valence-electron chi connectivity index (χ3n) is 3.09. The smallest absolute Gasteiger partial charge is 0.212 e. The van der Waals surface area contributed by atoms with Crippen LogP contribution in [0.2, 0.25) is 0 Å². The van der Waals surface area contributed by atoms with Gasteiger partial charge in [-0.05, 0) is 30.5 Å². The van der Waals surface area contributed by atoms with Gasteiger partial charge in [-0.1, -0.05) is 42.0 Å². The van der Waals surface area contributed by atoms with E-state index in [4.69, 9.17) is 0 Å². The van der Waals surface area contributed by atoms with Gasteiger partial charge in [0.25, 0.3) is 0 Å². The lowest BCUT2D eigenvalue weighted by molar-refractivity contribution is 0.103. The Morgan fingerprint density at radius 2 is 2.05 bits per heavy atom. The van der Waals surface area contributed by atoms with E-state index in [2.05, 4.69) is 11.1 Å². The first kappa shape index (κ1) is 11.6. The molecule has 19 heavy (non-hydrogen) atoms. The number of nitrogens with zero attached hydrogens (tertiary/aromatic N) is 1. The second-order valence-electron chi connectivity index (χ2n) is 4.49. The molecule has 0 saturated heterocycles. The number of hydrogen-bond donors (Lipinski definition) is 0. The van der Waals surface area contributed by atoms with Gasteiger partial charge in [0, 0.05) is 17.1 Å². The van der Waals surface area contributed by atoms with Crippen LogP contribution >= 0.6 is 0 Å². The highest BCUT2D eigenvalue weighted by molar-refractivity contribution is 6.14. The van der Waals surface area contributed by atoms with E-state index >= 15 is 0 Å². The van der Waals surface area contributed by atoms with Crippen molar-refractivity contribution in [3.05, 3.63) is 77.6 Å². The van der Waals surface area contributed by atoms with E-state index in [9.17, 15) is 4.79 Å². The van der Waals surface area contributed by atoms with Gasteiger partial charge in [0.15, 0.2) is 0 Å². The number of pyridine rings is 1. The van der Waals surface area contributed by atoms with Crippen LogP contribution in [0.3, 0.4) is 0 Å². The monoisotopic (exact) mass is 246 g/mol. The Labute approximate surface area is 111 Å². The van der Waals surface area contributed by atoms with Crippen LogP contribution in [0, 0.1) is 13.0 Å². The first-order valence-corrected chi connectivity index (χ1v) is 6.12. The summed E-state index contributed by atoms with van der Waals surface area (Å²) < 4.78 is 0. The number of hydrogen-bond acceptors (Lipinski definition) is 2. The van der Waals surface area contributed by atoms with Crippen molar-refractivity contribution in [1.82, 2.24) is 4.98 Å². The molecule has 3 rings (SSSR count). The Balaban J connectivity index is 2.20. The molecule has 2 nitrogen and oxygen atoms in total. The van der Waals surface area contributed by atoms with Crippen molar-refractivity contribution in [2.75, 3.05) is 0 Å². The topological polar surface area (TPSA) is 30.0 Å². The summed E-state index contributed by atoms with van der Waals surface area (Å²) >= 11 is 0. The molecule has 0 spiro atoms. The molecule has 0 unspecified atom stereocenters. The molecule has 0 amide bonds. The molecule has 0 atom stereocenters. The number of aromatic nitrogens is 1. The summed E-state index contributed by atoms with van der Waals surface area (Å²) in [6.07, 6.45) is 1.67. The van der Waals surface area contributed by atoms with E-state index in [1.807, 2.05) is 43.3 Å². The fourth-order valence-corrected chi connectivity index (χ4v) is 2.13. The minimum atomic E-state index is -0.0863. The summed E-state index contributed by atoms with van der Waals surface area (Å²) in [4.78, 5) is 16.7. The van der Waals surface area contributed by atoms with E-state index in [0.717, 1.165) is 16.3 Å². The van der Waals surface area contributed by atoms with Crippen molar-refractivity contribution in [3.8, 4) is 0 Å². The molecular weight excluding hydrogens is 234 g/mol. The molecule has 1 aromatic heterocycles. The van der Waals surface area contributed by atoms with E-state index in [0.29, 0.717) is 11.3 Å². The maximum absolute atomic E-state index is 12.5. The molecule has 2 heteroatoms. The SMILES string of the molecule is Cc1ccc2ccnc(C(=O)c3[c]cccc3)c2c1. The van der Waals surface area contributed by atoms with Crippen molar-refractivity contribution in [2.24, 2.45) is 0 Å². The number of ketones is 1. The van der Waals surface area contributed by atoms with Gasteiger partial charge in [0.2, 0.25) is 5.78 Å². The van der Waals surface area contributed by atoms with Gasteiger partial charge < -0.3 is 0 Å². The quantitative estimate of drug-likeness (QED) is 0.647. The molecule has 0 N–H and O–H groups in total. The summed E-state index contributed by atoms with van der Waals surface area (Å²) in [5.74, 6) is -0.0863. The third kappa shape index (κ3) is 2.13. The Kier molecular flexibility index (Phi) is 2.84. The third-order valence-corrected chi connectivity index (χ3v) is 3.09. The van der Waals surface area contributed by atoms with Gasteiger partial charge in [-0.2, -0.15) is 0 Å². The van der Waals surface area contributed by atoms with Crippen LogP contribution in [0.4, 0.5) is 0 Å². The number of fused-ring (bicyclic) bond motifs is 1. The average Bonchev–Trinajstić information content (AvgIpc) is 2.47. The number of carbonyl (C=O) groups is 1. The van der Waals surface area contributed by atoms with E-state index in [1.165, 1.54) is 0 Å². The molecule has 91 valence electrons. The fraction of sp³-hybridized carbons (Fsp3) is 0.0588. The largest absolute Gasteiger partial charge is 0.287 e. The molecular formula is C17H12NO. The number of carbonyl (C=O) groups excluding carboxylic acids is 1. The maximum atomic E-state index is 12.5. The predicted molar refractivity (Wildman–Crippen MR) is 75.2 cm³/mol. The second-order valence-corrected chi connectivity index (χ2v) is 4.49.